The number of hydrogen-bond donors (Lipinski definition) is 1. The van der Waals surface area contributed by atoms with E-state index in [2.05, 4.69) is 5.32 Å². The van der Waals surface area contributed by atoms with Crippen LogP contribution in [0.2, 0.25) is 0 Å². The van der Waals surface area contributed by atoms with Crippen molar-refractivity contribution >= 4 is 35.0 Å². The quantitative estimate of drug-likeness (QED) is 0.467. The molecule has 0 saturated heterocycles. The maximum absolute atomic E-state index is 12.6. The molecular weight excluding hydrogens is 392 g/mol. The average Bonchev–Trinajstić information content (AvgIpc) is 3.07. The number of carbonyl (C=O) groups excluding carboxylic acids is 2. The molecule has 0 saturated carbocycles. The number of benzene rings is 1. The van der Waals surface area contributed by atoms with Gasteiger partial charge in [0.25, 0.3) is 11.7 Å². The van der Waals surface area contributed by atoms with Gasteiger partial charge in [-0.2, -0.15) is 8.78 Å². The number of thiophene rings is 1. The number of hydrogen-bond acceptors (Lipinski definition) is 5. The van der Waals surface area contributed by atoms with Crippen molar-refractivity contribution in [1.82, 2.24) is 5.32 Å². The van der Waals surface area contributed by atoms with Gasteiger partial charge in [-0.3, -0.25) is 4.79 Å². The minimum absolute atomic E-state index is 0.107. The second-order valence-electron chi connectivity index (χ2n) is 6.24. The molecule has 0 aliphatic carbocycles. The Labute approximate surface area is 165 Å². The largest absolute Gasteiger partial charge is 0.459 e. The molecule has 0 radical (unpaired) electrons. The maximum Gasteiger partial charge on any atom is 0.328 e. The molecule has 0 fully saturated rings. The third-order valence-electron chi connectivity index (χ3n) is 3.57. The molecule has 0 bridgehead atoms. The van der Waals surface area contributed by atoms with E-state index in [1.807, 2.05) is 44.2 Å². The van der Waals surface area contributed by atoms with Gasteiger partial charge in [-0.15, -0.1) is 11.3 Å². The summed E-state index contributed by atoms with van der Waals surface area (Å²) in [5.41, 5.74) is 0.842. The lowest BCUT2D eigenvalue weighted by Gasteiger charge is -2.19. The summed E-state index contributed by atoms with van der Waals surface area (Å²) in [6.45, 7) is 3.95. The Morgan fingerprint density at radius 3 is 2.52 bits per heavy atom. The van der Waals surface area contributed by atoms with Crippen LogP contribution in [0.3, 0.4) is 0 Å². The van der Waals surface area contributed by atoms with Gasteiger partial charge in [0.15, 0.2) is 0 Å². The summed E-state index contributed by atoms with van der Waals surface area (Å²) in [5.74, 6) is -3.57. The first-order valence-corrected chi connectivity index (χ1v) is 10.2. The Kier molecular flexibility index (Phi) is 8.24. The number of rotatable bonds is 9. The van der Waals surface area contributed by atoms with Gasteiger partial charge >= 0.3 is 5.97 Å². The van der Waals surface area contributed by atoms with E-state index in [-0.39, 0.29) is 22.3 Å². The van der Waals surface area contributed by atoms with Crippen LogP contribution in [-0.2, 0) is 16.1 Å². The number of nitrogens with one attached hydrogen (secondary N) is 1. The summed E-state index contributed by atoms with van der Waals surface area (Å²) >= 11 is 1.38. The van der Waals surface area contributed by atoms with Crippen molar-refractivity contribution in [2.75, 3.05) is 0 Å². The zero-order valence-electron chi connectivity index (χ0n) is 15.0. The van der Waals surface area contributed by atoms with E-state index in [1.54, 1.807) is 5.38 Å². The van der Waals surface area contributed by atoms with Gasteiger partial charge in [0.1, 0.15) is 17.5 Å². The van der Waals surface area contributed by atoms with Gasteiger partial charge in [-0.1, -0.05) is 55.9 Å². The average molecular weight is 414 g/mol. The molecule has 1 aromatic carbocycles. The van der Waals surface area contributed by atoms with Crippen molar-refractivity contribution in [2.45, 2.75) is 43.6 Å². The summed E-state index contributed by atoms with van der Waals surface area (Å²) in [6.07, 6.45) is 0.391. The van der Waals surface area contributed by atoms with E-state index in [9.17, 15) is 18.4 Å². The zero-order chi connectivity index (χ0) is 19.8. The molecule has 0 unspecified atom stereocenters. The second-order valence-corrected chi connectivity index (χ2v) is 8.19. The van der Waals surface area contributed by atoms with E-state index in [1.165, 1.54) is 6.07 Å². The Balaban J connectivity index is 2.03. The number of carbonyl (C=O) groups is 2. The van der Waals surface area contributed by atoms with Crippen molar-refractivity contribution < 1.29 is 23.1 Å². The highest BCUT2D eigenvalue weighted by Crippen LogP contribution is 2.32. The molecule has 0 aliphatic heterocycles. The van der Waals surface area contributed by atoms with Crippen LogP contribution >= 0.6 is 23.1 Å². The molecule has 1 heterocycles. The standard InChI is InChI=1S/C19H21F2NO3S2/c1-12(2)10-14(18(24)25-11-13-6-4-3-5-7-13)22-17(23)16-15(8-9-26-16)27-19(20)21/h3-9,12,14,19H,10-11H2,1-2H3,(H,22,23)/t14-/m0/s1. The van der Waals surface area contributed by atoms with E-state index in [0.29, 0.717) is 18.2 Å². The van der Waals surface area contributed by atoms with Crippen LogP contribution < -0.4 is 5.32 Å². The second kappa shape index (κ2) is 10.4. The van der Waals surface area contributed by atoms with Crippen molar-refractivity contribution in [3.63, 3.8) is 0 Å². The highest BCUT2D eigenvalue weighted by molar-refractivity contribution is 7.99. The van der Waals surface area contributed by atoms with Crippen LogP contribution in [0.15, 0.2) is 46.7 Å². The van der Waals surface area contributed by atoms with Crippen LogP contribution in [0, 0.1) is 5.92 Å². The Hall–Kier alpha value is -1.93. The predicted molar refractivity (Wildman–Crippen MR) is 103 cm³/mol. The molecule has 4 nitrogen and oxygen atoms in total. The lowest BCUT2D eigenvalue weighted by atomic mass is 10.0. The van der Waals surface area contributed by atoms with E-state index in [0.717, 1.165) is 16.9 Å². The number of halogens is 2. The molecule has 1 N–H and O–H groups in total. The van der Waals surface area contributed by atoms with Gasteiger partial charge in [-0.05, 0) is 29.3 Å². The molecular formula is C19H21F2NO3S2. The summed E-state index contributed by atoms with van der Waals surface area (Å²) < 4.78 is 30.6. The molecule has 1 aromatic heterocycles. The SMILES string of the molecule is CC(C)C[C@H](NC(=O)c1sccc1SC(F)F)C(=O)OCc1ccccc1. The smallest absolute Gasteiger partial charge is 0.328 e. The van der Waals surface area contributed by atoms with Crippen LogP contribution in [0.25, 0.3) is 0 Å². The number of alkyl halides is 2. The molecule has 1 atom stereocenters. The van der Waals surface area contributed by atoms with Crippen LogP contribution in [0.5, 0.6) is 0 Å². The summed E-state index contributed by atoms with van der Waals surface area (Å²) in [5, 5.41) is 4.21. The first-order chi connectivity index (χ1) is 12.9. The van der Waals surface area contributed by atoms with Gasteiger partial charge in [-0.25, -0.2) is 4.79 Å². The normalized spacial score (nSPS) is 12.2. The number of ether oxygens (including phenoxy) is 1. The minimum atomic E-state index is -2.62. The van der Waals surface area contributed by atoms with Crippen molar-refractivity contribution in [3.8, 4) is 0 Å². The number of thioether (sulfide) groups is 1. The molecule has 27 heavy (non-hydrogen) atoms. The number of esters is 1. The fourth-order valence-corrected chi connectivity index (χ4v) is 3.99. The van der Waals surface area contributed by atoms with Gasteiger partial charge in [0, 0.05) is 4.90 Å². The Bertz CT molecular complexity index is 750. The van der Waals surface area contributed by atoms with E-state index < -0.39 is 23.7 Å². The Morgan fingerprint density at radius 1 is 1.19 bits per heavy atom. The van der Waals surface area contributed by atoms with E-state index in [4.69, 9.17) is 4.74 Å². The van der Waals surface area contributed by atoms with Gasteiger partial charge < -0.3 is 10.1 Å². The fraction of sp³-hybridized carbons (Fsp3) is 0.368. The van der Waals surface area contributed by atoms with Crippen molar-refractivity contribution in [1.29, 1.82) is 0 Å². The summed E-state index contributed by atoms with van der Waals surface area (Å²) in [4.78, 5) is 25.3. The molecule has 1 amide bonds. The maximum atomic E-state index is 12.6. The van der Waals surface area contributed by atoms with Crippen LogP contribution in [0.4, 0.5) is 8.78 Å². The highest BCUT2D eigenvalue weighted by atomic mass is 32.2. The summed E-state index contributed by atoms with van der Waals surface area (Å²) in [7, 11) is 0. The predicted octanol–water partition coefficient (Wildman–Crippen LogP) is 4.95. The van der Waals surface area contributed by atoms with Crippen LogP contribution in [0.1, 0.15) is 35.5 Å². The third-order valence-corrected chi connectivity index (χ3v) is 5.39. The monoisotopic (exact) mass is 413 g/mol. The van der Waals surface area contributed by atoms with Crippen molar-refractivity contribution in [3.05, 3.63) is 52.2 Å². The molecule has 146 valence electrons. The highest BCUT2D eigenvalue weighted by Gasteiger charge is 2.26. The van der Waals surface area contributed by atoms with Gasteiger partial charge in [0.05, 0.1) is 0 Å². The molecule has 0 aliphatic rings. The number of amides is 1. The summed E-state index contributed by atoms with van der Waals surface area (Å²) in [6, 6.07) is 9.86. The minimum Gasteiger partial charge on any atom is -0.459 e. The lowest BCUT2D eigenvalue weighted by molar-refractivity contribution is -0.147. The zero-order valence-corrected chi connectivity index (χ0v) is 16.6. The van der Waals surface area contributed by atoms with E-state index >= 15 is 0 Å². The Morgan fingerprint density at radius 2 is 1.89 bits per heavy atom. The van der Waals surface area contributed by atoms with Crippen molar-refractivity contribution in [2.24, 2.45) is 5.92 Å². The topological polar surface area (TPSA) is 55.4 Å². The molecule has 0 spiro atoms. The fourth-order valence-electron chi connectivity index (χ4n) is 2.39. The molecule has 2 aromatic rings. The molecule has 2 rings (SSSR count). The van der Waals surface area contributed by atoms with Gasteiger partial charge in [0.2, 0.25) is 0 Å². The third kappa shape index (κ3) is 6.95. The van der Waals surface area contributed by atoms with Crippen LogP contribution in [-0.4, -0.2) is 23.7 Å². The lowest BCUT2D eigenvalue weighted by Crippen LogP contribution is -2.42. The molecule has 8 heteroatoms. The first kappa shape index (κ1) is 21.4. The first-order valence-electron chi connectivity index (χ1n) is 8.40.